The number of benzene rings is 2. The summed E-state index contributed by atoms with van der Waals surface area (Å²) in [6, 6.07) is 14.8. The topological polar surface area (TPSA) is 41.3 Å². The van der Waals surface area contributed by atoms with Crippen LogP contribution in [0.5, 0.6) is 0 Å². The summed E-state index contributed by atoms with van der Waals surface area (Å²) in [5.41, 5.74) is 8.65. The van der Waals surface area contributed by atoms with Gasteiger partial charge in [0, 0.05) is 24.3 Å². The average molecular weight is 271 g/mol. The summed E-state index contributed by atoms with van der Waals surface area (Å²) in [4.78, 5) is 2.11. The van der Waals surface area contributed by atoms with Crippen LogP contribution in [-0.4, -0.2) is 19.8 Å². The number of hydrogen-bond donors (Lipinski definition) is 2. The van der Waals surface area contributed by atoms with Crippen LogP contribution in [0, 0.1) is 5.82 Å². The maximum atomic E-state index is 14.1. The monoisotopic (exact) mass is 271 g/mol. The Morgan fingerprint density at radius 3 is 2.55 bits per heavy atom. The van der Waals surface area contributed by atoms with E-state index in [0.29, 0.717) is 12.2 Å². The van der Waals surface area contributed by atoms with Crippen LogP contribution < -0.4 is 16.0 Å². The van der Waals surface area contributed by atoms with Gasteiger partial charge in [0.15, 0.2) is 0 Å². The van der Waals surface area contributed by atoms with Gasteiger partial charge in [0.05, 0.1) is 12.7 Å². The van der Waals surface area contributed by atoms with Crippen molar-refractivity contribution >= 4 is 5.69 Å². The number of nitrogens with two attached hydrogens (primary N) is 1. The molecule has 0 saturated heterocycles. The Morgan fingerprint density at radius 1 is 1.10 bits per heavy atom. The maximum Gasteiger partial charge on any atom is 0.128 e. The summed E-state index contributed by atoms with van der Waals surface area (Å²) in [6.45, 7) is 2.05. The molecular formula is C16H18FN3. The Labute approximate surface area is 118 Å². The molecule has 0 radical (unpaired) electrons. The van der Waals surface area contributed by atoms with Crippen LogP contribution in [-0.2, 0) is 0 Å². The van der Waals surface area contributed by atoms with Gasteiger partial charge in [-0.2, -0.15) is 0 Å². The third-order valence-corrected chi connectivity index (χ3v) is 3.76. The lowest BCUT2D eigenvalue weighted by Gasteiger charge is -2.23. The molecule has 3 N–H and O–H groups in total. The van der Waals surface area contributed by atoms with E-state index in [1.165, 1.54) is 6.07 Å². The first-order valence-electron chi connectivity index (χ1n) is 6.83. The van der Waals surface area contributed by atoms with Crippen LogP contribution in [0.4, 0.5) is 10.1 Å². The average Bonchev–Trinajstić information content (AvgIpc) is 2.67. The van der Waals surface area contributed by atoms with Gasteiger partial charge >= 0.3 is 0 Å². The Bertz CT molecular complexity index is 600. The number of fused-ring (bicyclic) bond motifs is 1. The minimum Gasteiger partial charge on any atom is -0.357 e. The number of hydrogen-bond acceptors (Lipinski definition) is 3. The third-order valence-electron chi connectivity index (χ3n) is 3.76. The summed E-state index contributed by atoms with van der Waals surface area (Å²) in [6.07, 6.45) is 0. The zero-order chi connectivity index (χ0) is 13.9. The van der Waals surface area contributed by atoms with Crippen LogP contribution in [0.1, 0.15) is 17.2 Å². The molecule has 1 atom stereocenters. The van der Waals surface area contributed by atoms with Crippen molar-refractivity contribution in [2.24, 2.45) is 5.73 Å². The fraction of sp³-hybridized carbons (Fsp3) is 0.250. The van der Waals surface area contributed by atoms with Gasteiger partial charge in [-0.05, 0) is 17.7 Å². The molecule has 104 valence electrons. The molecule has 2 aromatic carbocycles. The van der Waals surface area contributed by atoms with E-state index in [-0.39, 0.29) is 11.9 Å². The van der Waals surface area contributed by atoms with Gasteiger partial charge < -0.3 is 16.0 Å². The molecule has 0 spiro atoms. The molecule has 4 heteroatoms. The number of anilines is 1. The first-order chi connectivity index (χ1) is 9.81. The zero-order valence-corrected chi connectivity index (χ0v) is 11.2. The quantitative estimate of drug-likeness (QED) is 0.880. The van der Waals surface area contributed by atoms with E-state index in [1.807, 2.05) is 36.4 Å². The second kappa shape index (κ2) is 5.61. The van der Waals surface area contributed by atoms with E-state index in [0.717, 1.165) is 24.3 Å². The molecule has 20 heavy (non-hydrogen) atoms. The summed E-state index contributed by atoms with van der Waals surface area (Å²) < 4.78 is 14.1. The first kappa shape index (κ1) is 13.1. The van der Waals surface area contributed by atoms with Crippen molar-refractivity contribution in [3.63, 3.8) is 0 Å². The van der Waals surface area contributed by atoms with Gasteiger partial charge in [-0.1, -0.05) is 36.4 Å². The molecular weight excluding hydrogens is 253 g/mol. The van der Waals surface area contributed by atoms with Crippen LogP contribution in [0.15, 0.2) is 48.5 Å². The smallest absolute Gasteiger partial charge is 0.128 e. The van der Waals surface area contributed by atoms with Crippen LogP contribution >= 0.6 is 0 Å². The van der Waals surface area contributed by atoms with Gasteiger partial charge in [0.1, 0.15) is 5.82 Å². The SMILES string of the molecule is NCN1CCNC(c2ccccc2F)c2ccccc21. The fourth-order valence-corrected chi connectivity index (χ4v) is 2.77. The van der Waals surface area contributed by atoms with Crippen molar-refractivity contribution in [3.05, 3.63) is 65.5 Å². The van der Waals surface area contributed by atoms with Gasteiger partial charge in [0.25, 0.3) is 0 Å². The molecule has 1 aliphatic rings. The van der Waals surface area contributed by atoms with E-state index in [2.05, 4.69) is 10.2 Å². The Balaban J connectivity index is 2.10. The molecule has 3 rings (SSSR count). The number of rotatable bonds is 2. The van der Waals surface area contributed by atoms with Crippen molar-refractivity contribution in [1.29, 1.82) is 0 Å². The number of para-hydroxylation sites is 1. The molecule has 1 unspecified atom stereocenters. The van der Waals surface area contributed by atoms with E-state index >= 15 is 0 Å². The first-order valence-corrected chi connectivity index (χ1v) is 6.83. The zero-order valence-electron chi connectivity index (χ0n) is 11.2. The highest BCUT2D eigenvalue weighted by Crippen LogP contribution is 2.33. The highest BCUT2D eigenvalue weighted by molar-refractivity contribution is 5.58. The summed E-state index contributed by atoms with van der Waals surface area (Å²) >= 11 is 0. The van der Waals surface area contributed by atoms with Gasteiger partial charge in [-0.15, -0.1) is 0 Å². The van der Waals surface area contributed by atoms with Gasteiger partial charge in [-0.25, -0.2) is 4.39 Å². The fourth-order valence-electron chi connectivity index (χ4n) is 2.77. The highest BCUT2D eigenvalue weighted by Gasteiger charge is 2.24. The normalized spacial score (nSPS) is 18.5. The summed E-state index contributed by atoms with van der Waals surface area (Å²) in [7, 11) is 0. The molecule has 1 aliphatic heterocycles. The minimum atomic E-state index is -0.180. The van der Waals surface area contributed by atoms with Crippen molar-refractivity contribution in [2.45, 2.75) is 6.04 Å². The third kappa shape index (κ3) is 2.28. The maximum absolute atomic E-state index is 14.1. The standard InChI is InChI=1S/C16H18FN3/c17-14-7-3-1-5-12(14)16-13-6-2-4-8-15(13)20(11-18)10-9-19-16/h1-8,16,19H,9-11,18H2. The number of nitrogens with zero attached hydrogens (tertiary/aromatic N) is 1. The summed E-state index contributed by atoms with van der Waals surface area (Å²) in [5, 5.41) is 3.42. The van der Waals surface area contributed by atoms with Crippen molar-refractivity contribution < 1.29 is 4.39 Å². The molecule has 0 aliphatic carbocycles. The molecule has 3 nitrogen and oxygen atoms in total. The minimum absolute atomic E-state index is 0.135. The predicted molar refractivity (Wildman–Crippen MR) is 79.1 cm³/mol. The van der Waals surface area contributed by atoms with Crippen molar-refractivity contribution in [1.82, 2.24) is 5.32 Å². The summed E-state index contributed by atoms with van der Waals surface area (Å²) in [5.74, 6) is -0.180. The lowest BCUT2D eigenvalue weighted by Crippen LogP contribution is -2.34. The molecule has 0 aromatic heterocycles. The predicted octanol–water partition coefficient (Wildman–Crippen LogP) is 2.24. The number of nitrogens with one attached hydrogen (secondary N) is 1. The molecule has 0 amide bonds. The largest absolute Gasteiger partial charge is 0.357 e. The Kier molecular flexibility index (Phi) is 3.67. The lowest BCUT2D eigenvalue weighted by atomic mass is 9.97. The Morgan fingerprint density at radius 2 is 1.80 bits per heavy atom. The second-order valence-corrected chi connectivity index (χ2v) is 4.91. The van der Waals surface area contributed by atoms with Crippen LogP contribution in [0.3, 0.4) is 0 Å². The van der Waals surface area contributed by atoms with Crippen molar-refractivity contribution in [3.8, 4) is 0 Å². The molecule has 2 aromatic rings. The van der Waals surface area contributed by atoms with Gasteiger partial charge in [0.2, 0.25) is 0 Å². The van der Waals surface area contributed by atoms with E-state index in [4.69, 9.17) is 5.73 Å². The molecule has 0 bridgehead atoms. The number of halogens is 1. The molecule has 1 heterocycles. The van der Waals surface area contributed by atoms with E-state index in [1.54, 1.807) is 6.07 Å². The van der Waals surface area contributed by atoms with Crippen LogP contribution in [0.2, 0.25) is 0 Å². The molecule has 0 fully saturated rings. The van der Waals surface area contributed by atoms with E-state index in [9.17, 15) is 4.39 Å². The highest BCUT2D eigenvalue weighted by atomic mass is 19.1. The van der Waals surface area contributed by atoms with Gasteiger partial charge in [-0.3, -0.25) is 0 Å². The van der Waals surface area contributed by atoms with Crippen molar-refractivity contribution in [2.75, 3.05) is 24.7 Å². The van der Waals surface area contributed by atoms with E-state index < -0.39 is 0 Å². The van der Waals surface area contributed by atoms with Crippen LogP contribution in [0.25, 0.3) is 0 Å². The Hall–Kier alpha value is -1.91. The second-order valence-electron chi connectivity index (χ2n) is 4.91. The molecule has 0 saturated carbocycles. The lowest BCUT2D eigenvalue weighted by molar-refractivity contribution is 0.558.